The van der Waals surface area contributed by atoms with Gasteiger partial charge in [-0.1, -0.05) is 0 Å². The number of carbonyl (C=O) groups is 1. The van der Waals surface area contributed by atoms with E-state index in [0.29, 0.717) is 11.7 Å². The van der Waals surface area contributed by atoms with Crippen molar-refractivity contribution in [3.05, 3.63) is 35.0 Å². The molecule has 2 heterocycles. The largest absolute Gasteiger partial charge is 0.544 e. The topological polar surface area (TPSA) is 92.2 Å². The van der Waals surface area contributed by atoms with Gasteiger partial charge in [-0.25, -0.2) is 0 Å². The zero-order valence-corrected chi connectivity index (χ0v) is 9.56. The Morgan fingerprint density at radius 3 is 2.88 bits per heavy atom. The molecule has 0 N–H and O–H groups in total. The molecule has 0 atom stereocenters. The highest BCUT2D eigenvalue weighted by Crippen LogP contribution is 2.26. The lowest BCUT2D eigenvalue weighted by molar-refractivity contribution is -0.298. The van der Waals surface area contributed by atoms with Crippen LogP contribution in [0.1, 0.15) is 11.7 Å². The number of aliphatic carboxylic acids is 1. The number of carboxylic acid groups (broad SMARTS) is 1. The van der Waals surface area contributed by atoms with Gasteiger partial charge in [0, 0.05) is 11.8 Å². The molecule has 0 aliphatic heterocycles. The molecule has 0 fully saturated rings. The van der Waals surface area contributed by atoms with Gasteiger partial charge in [0.2, 0.25) is 5.89 Å². The molecule has 0 amide bonds. The second-order valence-electron chi connectivity index (χ2n) is 3.00. The fourth-order valence-corrected chi connectivity index (χ4v) is 1.74. The molecule has 0 aliphatic carbocycles. The molecule has 2 aromatic heterocycles. The third-order valence-corrected chi connectivity index (χ3v) is 2.57. The van der Waals surface area contributed by atoms with Gasteiger partial charge in [-0.05, 0) is 30.0 Å². The molecule has 2 aromatic rings. The van der Waals surface area contributed by atoms with E-state index in [0.717, 1.165) is 11.8 Å². The average Bonchev–Trinajstić information content (AvgIpc) is 2.89. The predicted octanol–water partition coefficient (Wildman–Crippen LogP) is 0.854. The van der Waals surface area contributed by atoms with Gasteiger partial charge in [-0.3, -0.25) is 0 Å². The standard InChI is InChI=1S/C10H8N2O4S/c1-6-11-12-10(16-6)17-8(9(13)14)5-7-3-2-4-15-7/h2-5H,1H3,(H,13,14)/p-1/b8-5+. The molecule has 0 radical (unpaired) electrons. The average molecular weight is 251 g/mol. The van der Waals surface area contributed by atoms with Gasteiger partial charge >= 0.3 is 0 Å². The van der Waals surface area contributed by atoms with Crippen LogP contribution in [-0.4, -0.2) is 16.2 Å². The van der Waals surface area contributed by atoms with Crippen LogP contribution in [0.5, 0.6) is 0 Å². The maximum atomic E-state index is 10.9. The summed E-state index contributed by atoms with van der Waals surface area (Å²) >= 11 is 0.815. The highest BCUT2D eigenvalue weighted by atomic mass is 32.2. The molecule has 0 aliphatic rings. The number of aryl methyl sites for hydroxylation is 1. The SMILES string of the molecule is Cc1nnc(S/C(=C/c2ccco2)C(=O)[O-])o1. The molecule has 6 nitrogen and oxygen atoms in total. The van der Waals surface area contributed by atoms with Gasteiger partial charge in [-0.2, -0.15) is 0 Å². The van der Waals surface area contributed by atoms with Crippen LogP contribution in [0.15, 0.2) is 37.4 Å². The highest BCUT2D eigenvalue weighted by molar-refractivity contribution is 8.03. The van der Waals surface area contributed by atoms with Crippen molar-refractivity contribution in [2.24, 2.45) is 0 Å². The van der Waals surface area contributed by atoms with Crippen LogP contribution in [-0.2, 0) is 4.79 Å². The summed E-state index contributed by atoms with van der Waals surface area (Å²) in [6.07, 6.45) is 2.78. The fourth-order valence-electron chi connectivity index (χ4n) is 1.05. The first-order chi connectivity index (χ1) is 8.15. The van der Waals surface area contributed by atoms with E-state index in [1.165, 1.54) is 12.3 Å². The molecule has 0 aromatic carbocycles. The van der Waals surface area contributed by atoms with E-state index in [-0.39, 0.29) is 10.1 Å². The zero-order chi connectivity index (χ0) is 12.3. The summed E-state index contributed by atoms with van der Waals surface area (Å²) in [6, 6.07) is 3.28. The van der Waals surface area contributed by atoms with Crippen molar-refractivity contribution in [1.29, 1.82) is 0 Å². The Balaban J connectivity index is 2.21. The summed E-state index contributed by atoms with van der Waals surface area (Å²) in [5, 5.41) is 18.3. The molecule has 0 saturated carbocycles. The maximum absolute atomic E-state index is 10.9. The van der Waals surface area contributed by atoms with Gasteiger partial charge in [0.1, 0.15) is 5.76 Å². The Morgan fingerprint density at radius 1 is 1.53 bits per heavy atom. The lowest BCUT2D eigenvalue weighted by Gasteiger charge is -2.03. The number of nitrogens with zero attached hydrogens (tertiary/aromatic N) is 2. The van der Waals surface area contributed by atoms with Gasteiger partial charge in [0.15, 0.2) is 0 Å². The zero-order valence-electron chi connectivity index (χ0n) is 8.75. The summed E-state index contributed by atoms with van der Waals surface area (Å²) in [5.74, 6) is -0.557. The monoisotopic (exact) mass is 251 g/mol. The van der Waals surface area contributed by atoms with Gasteiger partial charge in [0.05, 0.1) is 12.2 Å². The third kappa shape index (κ3) is 2.97. The van der Waals surface area contributed by atoms with E-state index >= 15 is 0 Å². The van der Waals surface area contributed by atoms with E-state index in [1.54, 1.807) is 19.1 Å². The van der Waals surface area contributed by atoms with E-state index in [1.807, 2.05) is 0 Å². The van der Waals surface area contributed by atoms with E-state index < -0.39 is 5.97 Å². The minimum Gasteiger partial charge on any atom is -0.544 e. The summed E-state index contributed by atoms with van der Waals surface area (Å²) in [5.41, 5.74) is 0. The van der Waals surface area contributed by atoms with Crippen molar-refractivity contribution in [2.75, 3.05) is 0 Å². The Kier molecular flexibility index (Phi) is 3.29. The molecular formula is C10H7N2O4S-. The van der Waals surface area contributed by atoms with Crippen LogP contribution in [0.3, 0.4) is 0 Å². The van der Waals surface area contributed by atoms with Crippen molar-refractivity contribution in [1.82, 2.24) is 10.2 Å². The van der Waals surface area contributed by atoms with Gasteiger partial charge in [0.25, 0.3) is 5.22 Å². The number of rotatable bonds is 4. The van der Waals surface area contributed by atoms with Crippen LogP contribution in [0.2, 0.25) is 0 Å². The minimum absolute atomic E-state index is 0.0661. The molecular weight excluding hydrogens is 244 g/mol. The Bertz CT molecular complexity index is 544. The third-order valence-electron chi connectivity index (χ3n) is 1.72. The van der Waals surface area contributed by atoms with E-state index in [9.17, 15) is 9.90 Å². The molecule has 0 saturated heterocycles. The number of carboxylic acids is 1. The number of hydrogen-bond donors (Lipinski definition) is 0. The first kappa shape index (κ1) is 11.5. The molecule has 0 spiro atoms. The number of aromatic nitrogens is 2. The van der Waals surface area contributed by atoms with Crippen molar-refractivity contribution in [3.63, 3.8) is 0 Å². The second-order valence-corrected chi connectivity index (χ2v) is 3.99. The molecule has 0 unspecified atom stereocenters. The molecule has 88 valence electrons. The summed E-state index contributed by atoms with van der Waals surface area (Å²) in [7, 11) is 0. The van der Waals surface area contributed by atoms with E-state index in [4.69, 9.17) is 8.83 Å². The first-order valence-corrected chi connectivity index (χ1v) is 5.41. The van der Waals surface area contributed by atoms with Crippen molar-refractivity contribution in [3.8, 4) is 0 Å². The number of carbonyl (C=O) groups excluding carboxylic acids is 1. The molecule has 0 bridgehead atoms. The summed E-state index contributed by atoms with van der Waals surface area (Å²) in [6.45, 7) is 1.62. The number of furan rings is 1. The van der Waals surface area contributed by atoms with Gasteiger partial charge in [-0.15, -0.1) is 10.2 Å². The second kappa shape index (κ2) is 4.88. The van der Waals surface area contributed by atoms with Crippen LogP contribution in [0.25, 0.3) is 6.08 Å². The Morgan fingerprint density at radius 2 is 2.35 bits per heavy atom. The van der Waals surface area contributed by atoms with E-state index in [2.05, 4.69) is 10.2 Å². The first-order valence-electron chi connectivity index (χ1n) is 4.59. The van der Waals surface area contributed by atoms with Crippen molar-refractivity contribution in [2.45, 2.75) is 12.1 Å². The Hall–Kier alpha value is -2.02. The number of thioether (sulfide) groups is 1. The normalized spacial score (nSPS) is 11.7. The predicted molar refractivity (Wildman–Crippen MR) is 56.6 cm³/mol. The van der Waals surface area contributed by atoms with Crippen LogP contribution < -0.4 is 5.11 Å². The maximum Gasteiger partial charge on any atom is 0.281 e. The number of hydrogen-bond acceptors (Lipinski definition) is 7. The van der Waals surface area contributed by atoms with Crippen molar-refractivity contribution < 1.29 is 18.7 Å². The quantitative estimate of drug-likeness (QED) is 0.587. The van der Waals surface area contributed by atoms with Crippen LogP contribution in [0.4, 0.5) is 0 Å². The van der Waals surface area contributed by atoms with Crippen molar-refractivity contribution >= 4 is 23.8 Å². The molecule has 7 heteroatoms. The smallest absolute Gasteiger partial charge is 0.281 e. The lowest BCUT2D eigenvalue weighted by atomic mass is 10.4. The minimum atomic E-state index is -1.33. The van der Waals surface area contributed by atoms with Crippen LogP contribution >= 0.6 is 11.8 Å². The van der Waals surface area contributed by atoms with Crippen LogP contribution in [0, 0.1) is 6.92 Å². The molecule has 17 heavy (non-hydrogen) atoms. The lowest BCUT2D eigenvalue weighted by Crippen LogP contribution is -2.22. The fraction of sp³-hybridized carbons (Fsp3) is 0.100. The van der Waals surface area contributed by atoms with Gasteiger partial charge < -0.3 is 18.7 Å². The molecule has 2 rings (SSSR count). The summed E-state index contributed by atoms with van der Waals surface area (Å²) < 4.78 is 10.1. The Labute approximate surface area is 100 Å². The summed E-state index contributed by atoms with van der Waals surface area (Å²) in [4.78, 5) is 10.8. The highest BCUT2D eigenvalue weighted by Gasteiger charge is 2.09.